The fraction of sp³-hybridized carbons (Fsp3) is 0.214. The third-order valence-electron chi connectivity index (χ3n) is 2.65. The summed E-state index contributed by atoms with van der Waals surface area (Å²) in [7, 11) is 0. The highest BCUT2D eigenvalue weighted by Crippen LogP contribution is 2.37. The molecule has 0 aliphatic heterocycles. The van der Waals surface area contributed by atoms with E-state index in [2.05, 4.69) is 19.2 Å². The third-order valence-corrected chi connectivity index (χ3v) is 3.19. The molecule has 0 amide bonds. The number of nitriles is 1. The molecule has 0 saturated heterocycles. The van der Waals surface area contributed by atoms with Crippen molar-refractivity contribution in [3.05, 3.63) is 59.1 Å². The van der Waals surface area contributed by atoms with E-state index in [1.165, 1.54) is 0 Å². The monoisotopic (exact) mass is 265 g/mol. The minimum Gasteiger partial charge on any atom is -0.197 e. The van der Waals surface area contributed by atoms with Gasteiger partial charge in [-0.05, 0) is 30.5 Å². The molecule has 0 aromatic heterocycles. The topological polar surface area (TPSA) is 23.8 Å². The minimum absolute atomic E-state index is 0.503. The van der Waals surface area contributed by atoms with Gasteiger partial charge in [0, 0.05) is 10.0 Å². The standard InChI is InChI=1S/C14H13Cl2N/c1-3-7-14(10-17,8-4-2)12-6-5-11(15)9-13(12)16/h3-6,9H,1-2,7-8H2. The van der Waals surface area contributed by atoms with Gasteiger partial charge in [0.2, 0.25) is 0 Å². The highest BCUT2D eigenvalue weighted by Gasteiger charge is 2.31. The van der Waals surface area contributed by atoms with E-state index in [9.17, 15) is 5.26 Å². The van der Waals surface area contributed by atoms with Crippen LogP contribution in [0.1, 0.15) is 18.4 Å². The Kier molecular flexibility index (Phi) is 4.81. The van der Waals surface area contributed by atoms with E-state index in [4.69, 9.17) is 23.2 Å². The molecule has 1 rings (SSSR count). The molecule has 0 aliphatic rings. The maximum absolute atomic E-state index is 9.45. The average molecular weight is 266 g/mol. The lowest BCUT2D eigenvalue weighted by Crippen LogP contribution is -2.23. The Morgan fingerprint density at radius 2 is 1.82 bits per heavy atom. The number of hydrogen-bond donors (Lipinski definition) is 0. The van der Waals surface area contributed by atoms with Gasteiger partial charge in [-0.3, -0.25) is 0 Å². The fourth-order valence-corrected chi connectivity index (χ4v) is 2.41. The van der Waals surface area contributed by atoms with Gasteiger partial charge in [0.15, 0.2) is 0 Å². The molecule has 88 valence electrons. The van der Waals surface area contributed by atoms with Crippen molar-refractivity contribution in [1.82, 2.24) is 0 Å². The second-order valence-corrected chi connectivity index (χ2v) is 4.65. The van der Waals surface area contributed by atoms with Crippen LogP contribution in [0.25, 0.3) is 0 Å². The van der Waals surface area contributed by atoms with E-state index in [0.29, 0.717) is 22.9 Å². The highest BCUT2D eigenvalue weighted by molar-refractivity contribution is 6.35. The Morgan fingerprint density at radius 1 is 1.24 bits per heavy atom. The minimum atomic E-state index is -0.703. The van der Waals surface area contributed by atoms with Gasteiger partial charge in [-0.15, -0.1) is 13.2 Å². The van der Waals surface area contributed by atoms with Gasteiger partial charge in [0.05, 0.1) is 11.5 Å². The molecule has 0 saturated carbocycles. The van der Waals surface area contributed by atoms with E-state index in [-0.39, 0.29) is 0 Å². The SMILES string of the molecule is C=CCC(C#N)(CC=C)c1ccc(Cl)cc1Cl. The van der Waals surface area contributed by atoms with Gasteiger partial charge in [-0.25, -0.2) is 0 Å². The average Bonchev–Trinajstić information content (AvgIpc) is 2.28. The number of halogens is 2. The van der Waals surface area contributed by atoms with Crippen molar-refractivity contribution in [2.45, 2.75) is 18.3 Å². The molecular formula is C14H13Cl2N. The Labute approximate surface area is 112 Å². The lowest BCUT2D eigenvalue weighted by Gasteiger charge is -2.25. The molecule has 0 fully saturated rings. The number of rotatable bonds is 5. The van der Waals surface area contributed by atoms with Crippen molar-refractivity contribution in [2.24, 2.45) is 0 Å². The van der Waals surface area contributed by atoms with Crippen LogP contribution in [-0.2, 0) is 5.41 Å². The second kappa shape index (κ2) is 5.91. The Hall–Kier alpha value is -1.23. The first-order valence-corrected chi connectivity index (χ1v) is 5.94. The van der Waals surface area contributed by atoms with Crippen LogP contribution in [0.3, 0.4) is 0 Å². The normalized spacial score (nSPS) is 10.6. The molecule has 17 heavy (non-hydrogen) atoms. The van der Waals surface area contributed by atoms with E-state index >= 15 is 0 Å². The van der Waals surface area contributed by atoms with E-state index in [1.54, 1.807) is 30.4 Å². The van der Waals surface area contributed by atoms with Gasteiger partial charge < -0.3 is 0 Å². The van der Waals surface area contributed by atoms with Crippen molar-refractivity contribution in [3.8, 4) is 6.07 Å². The predicted molar refractivity (Wildman–Crippen MR) is 73.4 cm³/mol. The van der Waals surface area contributed by atoms with Gasteiger partial charge >= 0.3 is 0 Å². The predicted octanol–water partition coefficient (Wildman–Crippen LogP) is 4.91. The quantitative estimate of drug-likeness (QED) is 0.695. The summed E-state index contributed by atoms with van der Waals surface area (Å²) in [6, 6.07) is 7.50. The first-order chi connectivity index (χ1) is 8.09. The zero-order valence-corrected chi connectivity index (χ0v) is 10.9. The van der Waals surface area contributed by atoms with Crippen LogP contribution in [0.2, 0.25) is 10.0 Å². The summed E-state index contributed by atoms with van der Waals surface area (Å²) >= 11 is 12.0. The first-order valence-electron chi connectivity index (χ1n) is 5.18. The summed E-state index contributed by atoms with van der Waals surface area (Å²) in [5.41, 5.74) is 0.0661. The van der Waals surface area contributed by atoms with Gasteiger partial charge in [0.1, 0.15) is 0 Å². The van der Waals surface area contributed by atoms with Crippen molar-refractivity contribution >= 4 is 23.2 Å². The number of allylic oxidation sites excluding steroid dienone is 2. The van der Waals surface area contributed by atoms with Gasteiger partial charge in [-0.1, -0.05) is 41.4 Å². The van der Waals surface area contributed by atoms with Crippen LogP contribution in [-0.4, -0.2) is 0 Å². The maximum atomic E-state index is 9.45. The van der Waals surface area contributed by atoms with E-state index < -0.39 is 5.41 Å². The van der Waals surface area contributed by atoms with Crippen LogP contribution in [0, 0.1) is 11.3 Å². The Balaban J connectivity index is 3.35. The summed E-state index contributed by atoms with van der Waals surface area (Å²) in [5.74, 6) is 0. The molecule has 1 aromatic carbocycles. The van der Waals surface area contributed by atoms with E-state index in [1.807, 2.05) is 0 Å². The smallest absolute Gasteiger partial charge is 0.0904 e. The molecule has 0 radical (unpaired) electrons. The van der Waals surface area contributed by atoms with Gasteiger partial charge in [-0.2, -0.15) is 5.26 Å². The first kappa shape index (κ1) is 13.8. The van der Waals surface area contributed by atoms with Crippen LogP contribution >= 0.6 is 23.2 Å². The van der Waals surface area contributed by atoms with Crippen molar-refractivity contribution in [1.29, 1.82) is 5.26 Å². The van der Waals surface area contributed by atoms with Crippen LogP contribution in [0.4, 0.5) is 0 Å². The molecule has 0 aliphatic carbocycles. The molecule has 1 nitrogen and oxygen atoms in total. The molecular weight excluding hydrogens is 253 g/mol. The molecule has 0 unspecified atom stereocenters. The van der Waals surface area contributed by atoms with Crippen LogP contribution < -0.4 is 0 Å². The van der Waals surface area contributed by atoms with Crippen molar-refractivity contribution in [3.63, 3.8) is 0 Å². The zero-order valence-electron chi connectivity index (χ0n) is 9.42. The summed E-state index contributed by atoms with van der Waals surface area (Å²) in [5, 5.41) is 10.5. The van der Waals surface area contributed by atoms with Crippen LogP contribution in [0.5, 0.6) is 0 Å². The zero-order chi connectivity index (χ0) is 12.9. The number of nitrogens with zero attached hydrogens (tertiary/aromatic N) is 1. The summed E-state index contributed by atoms with van der Waals surface area (Å²) in [6.07, 6.45) is 4.49. The Bertz CT molecular complexity index is 462. The van der Waals surface area contributed by atoms with E-state index in [0.717, 1.165) is 5.56 Å². The maximum Gasteiger partial charge on any atom is 0.0904 e. The van der Waals surface area contributed by atoms with Gasteiger partial charge in [0.25, 0.3) is 0 Å². The molecule has 1 aromatic rings. The fourth-order valence-electron chi connectivity index (χ4n) is 1.83. The Morgan fingerprint density at radius 3 is 2.24 bits per heavy atom. The van der Waals surface area contributed by atoms with Crippen molar-refractivity contribution in [2.75, 3.05) is 0 Å². The molecule has 0 spiro atoms. The number of hydrogen-bond acceptors (Lipinski definition) is 1. The lowest BCUT2D eigenvalue weighted by atomic mass is 9.76. The molecule has 3 heteroatoms. The third kappa shape index (κ3) is 2.91. The largest absolute Gasteiger partial charge is 0.197 e. The molecule has 0 N–H and O–H groups in total. The summed E-state index contributed by atoms with van der Waals surface area (Å²) in [4.78, 5) is 0. The lowest BCUT2D eigenvalue weighted by molar-refractivity contribution is 0.566. The molecule has 0 heterocycles. The van der Waals surface area contributed by atoms with Crippen molar-refractivity contribution < 1.29 is 0 Å². The summed E-state index contributed by atoms with van der Waals surface area (Å²) < 4.78 is 0. The second-order valence-electron chi connectivity index (χ2n) is 3.80. The van der Waals surface area contributed by atoms with Crippen LogP contribution in [0.15, 0.2) is 43.5 Å². The molecule has 0 atom stereocenters. The highest BCUT2D eigenvalue weighted by atomic mass is 35.5. The molecule has 0 bridgehead atoms. The number of benzene rings is 1. The summed E-state index contributed by atoms with van der Waals surface area (Å²) in [6.45, 7) is 7.39.